The molecule has 0 radical (unpaired) electrons. The van der Waals surface area contributed by atoms with Crippen molar-refractivity contribution in [3.8, 4) is 0 Å². The lowest BCUT2D eigenvalue weighted by Crippen LogP contribution is -2.45. The first-order valence-corrected chi connectivity index (χ1v) is 8.10. The molecule has 4 nitrogen and oxygen atoms in total. The fourth-order valence-electron chi connectivity index (χ4n) is 3.20. The van der Waals surface area contributed by atoms with E-state index in [1.165, 1.54) is 19.4 Å². The van der Waals surface area contributed by atoms with E-state index in [-0.39, 0.29) is 0 Å². The number of likely N-dealkylation sites (N-methyl/N-ethyl adjacent to an activating group) is 2. The summed E-state index contributed by atoms with van der Waals surface area (Å²) < 4.78 is 1.05. The third kappa shape index (κ3) is 2.85. The molecular formula is C16H21BrN4. The molecule has 1 saturated heterocycles. The summed E-state index contributed by atoms with van der Waals surface area (Å²) in [6.07, 6.45) is 4.21. The van der Waals surface area contributed by atoms with Crippen molar-refractivity contribution in [3.63, 3.8) is 0 Å². The fourth-order valence-corrected chi connectivity index (χ4v) is 3.56. The van der Waals surface area contributed by atoms with E-state index >= 15 is 0 Å². The van der Waals surface area contributed by atoms with Gasteiger partial charge in [-0.1, -0.05) is 15.9 Å². The molecule has 112 valence electrons. The van der Waals surface area contributed by atoms with Crippen LogP contribution in [0.4, 0.5) is 11.4 Å². The van der Waals surface area contributed by atoms with Crippen LogP contribution in [0.25, 0.3) is 10.9 Å². The third-order valence-electron chi connectivity index (χ3n) is 4.33. The third-order valence-corrected chi connectivity index (χ3v) is 4.82. The first-order valence-electron chi connectivity index (χ1n) is 7.31. The second kappa shape index (κ2) is 5.81. The van der Waals surface area contributed by atoms with E-state index in [4.69, 9.17) is 5.73 Å². The van der Waals surface area contributed by atoms with Crippen LogP contribution in [0.2, 0.25) is 0 Å². The van der Waals surface area contributed by atoms with Crippen molar-refractivity contribution >= 4 is 38.2 Å². The molecule has 1 aliphatic rings. The van der Waals surface area contributed by atoms with E-state index in [0.717, 1.165) is 33.3 Å². The Morgan fingerprint density at radius 3 is 3.00 bits per heavy atom. The van der Waals surface area contributed by atoms with Gasteiger partial charge in [0.25, 0.3) is 0 Å². The fraction of sp³-hybridized carbons (Fsp3) is 0.438. The van der Waals surface area contributed by atoms with Crippen molar-refractivity contribution in [1.29, 1.82) is 0 Å². The van der Waals surface area contributed by atoms with Gasteiger partial charge in [0, 0.05) is 29.5 Å². The first-order chi connectivity index (χ1) is 10.1. The van der Waals surface area contributed by atoms with Crippen molar-refractivity contribution in [2.24, 2.45) is 0 Å². The molecule has 21 heavy (non-hydrogen) atoms. The number of nitrogen functional groups attached to an aromatic ring is 1. The molecule has 0 bridgehead atoms. The minimum atomic E-state index is 0.496. The molecule has 1 aromatic carbocycles. The maximum Gasteiger partial charge on any atom is 0.0745 e. The first kappa shape index (κ1) is 14.6. The predicted molar refractivity (Wildman–Crippen MR) is 92.8 cm³/mol. The number of fused-ring (bicyclic) bond motifs is 1. The van der Waals surface area contributed by atoms with Crippen LogP contribution in [-0.2, 0) is 0 Å². The summed E-state index contributed by atoms with van der Waals surface area (Å²) in [7, 11) is 4.33. The Morgan fingerprint density at radius 2 is 2.24 bits per heavy atom. The van der Waals surface area contributed by atoms with Crippen molar-refractivity contribution in [2.45, 2.75) is 18.9 Å². The molecule has 1 aromatic heterocycles. The summed E-state index contributed by atoms with van der Waals surface area (Å²) >= 11 is 3.55. The van der Waals surface area contributed by atoms with Crippen LogP contribution in [0.1, 0.15) is 12.8 Å². The van der Waals surface area contributed by atoms with Gasteiger partial charge in [-0.25, -0.2) is 0 Å². The second-order valence-electron chi connectivity index (χ2n) is 5.89. The number of anilines is 2. The summed E-state index contributed by atoms with van der Waals surface area (Å²) in [6, 6.07) is 6.65. The topological polar surface area (TPSA) is 45.4 Å². The minimum absolute atomic E-state index is 0.496. The number of likely N-dealkylation sites (tertiary alicyclic amines) is 1. The predicted octanol–water partition coefficient (Wildman–Crippen LogP) is 3.11. The molecule has 0 aliphatic carbocycles. The van der Waals surface area contributed by atoms with Gasteiger partial charge in [-0.2, -0.15) is 0 Å². The Morgan fingerprint density at radius 1 is 1.43 bits per heavy atom. The van der Waals surface area contributed by atoms with Gasteiger partial charge >= 0.3 is 0 Å². The summed E-state index contributed by atoms with van der Waals surface area (Å²) in [5.74, 6) is 0. The summed E-state index contributed by atoms with van der Waals surface area (Å²) in [5, 5.41) is 1.11. The van der Waals surface area contributed by atoms with E-state index in [2.05, 4.69) is 50.9 Å². The van der Waals surface area contributed by atoms with Crippen LogP contribution in [0.15, 0.2) is 28.9 Å². The van der Waals surface area contributed by atoms with Gasteiger partial charge in [0.05, 0.1) is 23.1 Å². The zero-order valence-electron chi connectivity index (χ0n) is 12.5. The minimum Gasteiger partial charge on any atom is -0.396 e. The maximum atomic E-state index is 6.25. The van der Waals surface area contributed by atoms with Gasteiger partial charge in [-0.05, 0) is 44.6 Å². The van der Waals surface area contributed by atoms with Gasteiger partial charge in [0.15, 0.2) is 0 Å². The zero-order chi connectivity index (χ0) is 15.0. The van der Waals surface area contributed by atoms with Crippen molar-refractivity contribution < 1.29 is 0 Å². The molecule has 1 fully saturated rings. The number of aromatic nitrogens is 1. The molecule has 0 amide bonds. The largest absolute Gasteiger partial charge is 0.396 e. The number of nitrogens with zero attached hydrogens (tertiary/aromatic N) is 3. The second-order valence-corrected chi connectivity index (χ2v) is 6.81. The Bertz CT molecular complexity index is 653. The highest BCUT2D eigenvalue weighted by molar-refractivity contribution is 9.10. The molecule has 5 heteroatoms. The number of nitrogens with two attached hydrogens (primary N) is 1. The summed E-state index contributed by atoms with van der Waals surface area (Å²) in [6.45, 7) is 2.26. The lowest BCUT2D eigenvalue weighted by atomic mass is 10.0. The average molecular weight is 349 g/mol. The number of hydrogen-bond donors (Lipinski definition) is 1. The van der Waals surface area contributed by atoms with Gasteiger partial charge in [0.2, 0.25) is 0 Å². The summed E-state index contributed by atoms with van der Waals surface area (Å²) in [4.78, 5) is 9.17. The molecule has 2 heterocycles. The Labute approximate surface area is 134 Å². The Balaban J connectivity index is 2.05. The monoisotopic (exact) mass is 348 g/mol. The van der Waals surface area contributed by atoms with Gasteiger partial charge in [-0.15, -0.1) is 0 Å². The number of rotatable bonds is 2. The zero-order valence-corrected chi connectivity index (χ0v) is 14.1. The molecule has 2 aromatic rings. The van der Waals surface area contributed by atoms with Crippen LogP contribution < -0.4 is 10.6 Å². The van der Waals surface area contributed by atoms with E-state index in [9.17, 15) is 0 Å². The Hall–Kier alpha value is -1.33. The molecule has 1 unspecified atom stereocenters. The molecule has 1 atom stereocenters. The summed E-state index contributed by atoms with van der Waals surface area (Å²) in [5.41, 5.74) is 9.08. The SMILES string of the molecule is CN1CCCC(N(C)c2c(N)cnc3ccc(Br)cc23)C1. The van der Waals surface area contributed by atoms with Crippen molar-refractivity contribution in [1.82, 2.24) is 9.88 Å². The maximum absolute atomic E-state index is 6.25. The number of halogens is 1. The highest BCUT2D eigenvalue weighted by Gasteiger charge is 2.24. The number of hydrogen-bond acceptors (Lipinski definition) is 4. The van der Waals surface area contributed by atoms with Gasteiger partial charge < -0.3 is 15.5 Å². The lowest BCUT2D eigenvalue weighted by Gasteiger charge is -2.38. The van der Waals surface area contributed by atoms with Gasteiger partial charge in [-0.3, -0.25) is 4.98 Å². The van der Waals surface area contributed by atoms with Crippen LogP contribution in [0.3, 0.4) is 0 Å². The molecule has 0 saturated carbocycles. The highest BCUT2D eigenvalue weighted by Crippen LogP contribution is 2.34. The van der Waals surface area contributed by atoms with Crippen LogP contribution in [0.5, 0.6) is 0 Å². The van der Waals surface area contributed by atoms with Crippen LogP contribution >= 0.6 is 15.9 Å². The molecule has 2 N–H and O–H groups in total. The van der Waals surface area contributed by atoms with E-state index in [1.54, 1.807) is 6.20 Å². The van der Waals surface area contributed by atoms with Crippen LogP contribution in [-0.4, -0.2) is 43.1 Å². The lowest BCUT2D eigenvalue weighted by molar-refractivity contribution is 0.248. The van der Waals surface area contributed by atoms with E-state index in [1.807, 2.05) is 12.1 Å². The van der Waals surface area contributed by atoms with Crippen LogP contribution in [0, 0.1) is 0 Å². The van der Waals surface area contributed by atoms with Gasteiger partial charge in [0.1, 0.15) is 0 Å². The number of benzene rings is 1. The molecular weight excluding hydrogens is 328 g/mol. The standard InChI is InChI=1S/C16H21BrN4/c1-20-7-3-4-12(10-20)21(2)16-13-8-11(17)5-6-15(13)19-9-14(16)18/h5-6,8-9,12H,3-4,7,10,18H2,1-2H3. The van der Waals surface area contributed by atoms with E-state index < -0.39 is 0 Å². The highest BCUT2D eigenvalue weighted by atomic mass is 79.9. The normalized spacial score (nSPS) is 19.9. The molecule has 1 aliphatic heterocycles. The molecule has 0 spiro atoms. The average Bonchev–Trinajstić information content (AvgIpc) is 2.46. The number of pyridine rings is 1. The van der Waals surface area contributed by atoms with E-state index in [0.29, 0.717) is 6.04 Å². The smallest absolute Gasteiger partial charge is 0.0745 e. The quantitative estimate of drug-likeness (QED) is 0.905. The van der Waals surface area contributed by atoms with Crippen molar-refractivity contribution in [2.75, 3.05) is 37.8 Å². The number of piperidine rings is 1. The Kier molecular flexibility index (Phi) is 4.04. The molecule has 3 rings (SSSR count). The van der Waals surface area contributed by atoms with Crippen molar-refractivity contribution in [3.05, 3.63) is 28.9 Å².